The molecule has 1 amide bonds. The quantitative estimate of drug-likeness (QED) is 0.712. The molecule has 1 aliphatic heterocycles. The number of halogens is 3. The zero-order valence-electron chi connectivity index (χ0n) is 8.42. The number of benzene rings is 1. The highest BCUT2D eigenvalue weighted by molar-refractivity contribution is 6.30. The molecule has 0 N–H and O–H groups in total. The molecule has 0 spiro atoms. The standard InChI is InChI=1S/C11H10Cl2FNO/c12-7-1-2-9(10(14)5-7)11(16)15-4-3-8(13)6-15/h1-2,5,8H,3-4,6H2. The van der Waals surface area contributed by atoms with Crippen LogP contribution in [-0.2, 0) is 0 Å². The van der Waals surface area contributed by atoms with E-state index in [1.54, 1.807) is 4.90 Å². The van der Waals surface area contributed by atoms with Gasteiger partial charge < -0.3 is 4.90 Å². The Morgan fingerprint density at radius 3 is 2.81 bits per heavy atom. The number of amides is 1. The molecule has 2 rings (SSSR count). The molecule has 86 valence electrons. The summed E-state index contributed by atoms with van der Waals surface area (Å²) in [6.45, 7) is 1.05. The van der Waals surface area contributed by atoms with Crippen LogP contribution in [-0.4, -0.2) is 29.3 Å². The lowest BCUT2D eigenvalue weighted by Gasteiger charge is -2.15. The van der Waals surface area contributed by atoms with Crippen molar-refractivity contribution in [3.8, 4) is 0 Å². The summed E-state index contributed by atoms with van der Waals surface area (Å²) in [4.78, 5) is 13.5. The Labute approximate surface area is 103 Å². The van der Waals surface area contributed by atoms with E-state index in [1.165, 1.54) is 12.1 Å². The number of hydrogen-bond donors (Lipinski definition) is 0. The van der Waals surface area contributed by atoms with Crippen LogP contribution in [0.1, 0.15) is 16.8 Å². The van der Waals surface area contributed by atoms with E-state index in [4.69, 9.17) is 23.2 Å². The van der Waals surface area contributed by atoms with Gasteiger partial charge in [-0.15, -0.1) is 11.6 Å². The minimum atomic E-state index is -0.587. The third-order valence-electron chi connectivity index (χ3n) is 2.58. The molecule has 1 fully saturated rings. The predicted molar refractivity (Wildman–Crippen MR) is 61.6 cm³/mol. The molecular formula is C11H10Cl2FNO. The normalized spacial score (nSPS) is 20.2. The monoisotopic (exact) mass is 261 g/mol. The summed E-state index contributed by atoms with van der Waals surface area (Å²) in [5.74, 6) is -0.909. The van der Waals surface area contributed by atoms with Crippen LogP contribution >= 0.6 is 23.2 Å². The van der Waals surface area contributed by atoms with Crippen molar-refractivity contribution in [3.05, 3.63) is 34.6 Å². The lowest BCUT2D eigenvalue weighted by atomic mass is 10.2. The second-order valence-corrected chi connectivity index (χ2v) is 4.81. The summed E-state index contributed by atoms with van der Waals surface area (Å²) >= 11 is 11.5. The van der Waals surface area contributed by atoms with Crippen molar-refractivity contribution in [3.63, 3.8) is 0 Å². The maximum absolute atomic E-state index is 13.5. The smallest absolute Gasteiger partial charge is 0.256 e. The Hall–Kier alpha value is -0.800. The van der Waals surface area contributed by atoms with Gasteiger partial charge in [-0.05, 0) is 24.6 Å². The van der Waals surface area contributed by atoms with Crippen molar-refractivity contribution >= 4 is 29.1 Å². The van der Waals surface area contributed by atoms with Crippen LogP contribution < -0.4 is 0 Å². The highest BCUT2D eigenvalue weighted by Crippen LogP contribution is 2.20. The van der Waals surface area contributed by atoms with Crippen LogP contribution in [0.3, 0.4) is 0 Å². The van der Waals surface area contributed by atoms with Crippen LogP contribution in [0.15, 0.2) is 18.2 Å². The molecule has 0 radical (unpaired) electrons. The van der Waals surface area contributed by atoms with Crippen LogP contribution in [0.5, 0.6) is 0 Å². The van der Waals surface area contributed by atoms with Crippen LogP contribution in [0.2, 0.25) is 5.02 Å². The van der Waals surface area contributed by atoms with Crippen LogP contribution in [0.4, 0.5) is 4.39 Å². The summed E-state index contributed by atoms with van der Waals surface area (Å²) < 4.78 is 13.5. The molecule has 0 bridgehead atoms. The summed E-state index contributed by atoms with van der Waals surface area (Å²) in [5, 5.41) is 0.255. The summed E-state index contributed by atoms with van der Waals surface area (Å²) in [6, 6.07) is 4.05. The van der Waals surface area contributed by atoms with Gasteiger partial charge in [-0.25, -0.2) is 4.39 Å². The SMILES string of the molecule is O=C(c1ccc(Cl)cc1F)N1CCC(Cl)C1. The zero-order chi connectivity index (χ0) is 11.7. The fourth-order valence-corrected chi connectivity index (χ4v) is 2.16. The highest BCUT2D eigenvalue weighted by atomic mass is 35.5. The zero-order valence-corrected chi connectivity index (χ0v) is 9.93. The highest BCUT2D eigenvalue weighted by Gasteiger charge is 2.26. The minimum absolute atomic E-state index is 0.0284. The molecule has 2 nitrogen and oxygen atoms in total. The lowest BCUT2D eigenvalue weighted by molar-refractivity contribution is 0.0788. The number of carbonyl (C=O) groups is 1. The number of alkyl halides is 1. The topological polar surface area (TPSA) is 20.3 Å². The molecule has 1 atom stereocenters. The van der Waals surface area contributed by atoms with Crippen LogP contribution in [0, 0.1) is 5.82 Å². The molecule has 1 aromatic carbocycles. The van der Waals surface area contributed by atoms with E-state index < -0.39 is 5.82 Å². The van der Waals surface area contributed by atoms with E-state index in [2.05, 4.69) is 0 Å². The first-order valence-corrected chi connectivity index (χ1v) is 5.78. The van der Waals surface area contributed by atoms with Gasteiger partial charge in [0.1, 0.15) is 5.82 Å². The number of nitrogens with zero attached hydrogens (tertiary/aromatic N) is 1. The van der Waals surface area contributed by atoms with Crippen molar-refractivity contribution in [2.24, 2.45) is 0 Å². The molecule has 0 aliphatic carbocycles. The third-order valence-corrected chi connectivity index (χ3v) is 3.17. The average molecular weight is 262 g/mol. The summed E-state index contributed by atoms with van der Waals surface area (Å²) in [7, 11) is 0. The van der Waals surface area contributed by atoms with Gasteiger partial charge in [0, 0.05) is 18.1 Å². The molecule has 1 aromatic rings. The predicted octanol–water partition coefficient (Wildman–Crippen LogP) is 2.93. The second kappa shape index (κ2) is 4.60. The fourth-order valence-electron chi connectivity index (χ4n) is 1.74. The maximum atomic E-state index is 13.5. The van der Waals surface area contributed by atoms with Crippen molar-refractivity contribution in [1.82, 2.24) is 4.90 Å². The Morgan fingerprint density at radius 1 is 1.50 bits per heavy atom. The lowest BCUT2D eigenvalue weighted by Crippen LogP contribution is -2.29. The Kier molecular flexibility index (Phi) is 3.36. The maximum Gasteiger partial charge on any atom is 0.256 e. The average Bonchev–Trinajstić information content (AvgIpc) is 2.64. The van der Waals surface area contributed by atoms with Gasteiger partial charge in [-0.1, -0.05) is 11.6 Å². The molecule has 16 heavy (non-hydrogen) atoms. The molecule has 5 heteroatoms. The van der Waals surface area contributed by atoms with Gasteiger partial charge >= 0.3 is 0 Å². The van der Waals surface area contributed by atoms with Gasteiger partial charge in [0.05, 0.1) is 10.9 Å². The Bertz CT molecular complexity index is 424. The summed E-state index contributed by atoms with van der Waals surface area (Å²) in [5.41, 5.74) is 0.0511. The van der Waals surface area contributed by atoms with Gasteiger partial charge in [-0.2, -0.15) is 0 Å². The van der Waals surface area contributed by atoms with Gasteiger partial charge in [0.2, 0.25) is 0 Å². The molecular weight excluding hydrogens is 252 g/mol. The van der Waals surface area contributed by atoms with E-state index in [0.29, 0.717) is 13.1 Å². The van der Waals surface area contributed by atoms with Crippen molar-refractivity contribution < 1.29 is 9.18 Å². The largest absolute Gasteiger partial charge is 0.337 e. The first-order chi connectivity index (χ1) is 7.58. The molecule has 1 unspecified atom stereocenters. The number of carbonyl (C=O) groups excluding carboxylic acids is 1. The Balaban J connectivity index is 2.21. The third kappa shape index (κ3) is 2.30. The van der Waals surface area contributed by atoms with Crippen molar-refractivity contribution in [2.45, 2.75) is 11.8 Å². The number of rotatable bonds is 1. The van der Waals surface area contributed by atoms with Gasteiger partial charge in [0.25, 0.3) is 5.91 Å². The van der Waals surface area contributed by atoms with E-state index >= 15 is 0 Å². The Morgan fingerprint density at radius 2 is 2.25 bits per heavy atom. The van der Waals surface area contributed by atoms with Crippen molar-refractivity contribution in [1.29, 1.82) is 0 Å². The van der Waals surface area contributed by atoms with E-state index in [1.807, 2.05) is 0 Å². The second-order valence-electron chi connectivity index (χ2n) is 3.76. The van der Waals surface area contributed by atoms with Gasteiger partial charge in [-0.3, -0.25) is 4.79 Å². The van der Waals surface area contributed by atoms with Gasteiger partial charge in [0.15, 0.2) is 0 Å². The van der Waals surface area contributed by atoms with Crippen LogP contribution in [0.25, 0.3) is 0 Å². The van der Waals surface area contributed by atoms with E-state index in [-0.39, 0.29) is 21.9 Å². The van der Waals surface area contributed by atoms with E-state index in [0.717, 1.165) is 12.5 Å². The molecule has 1 saturated heterocycles. The number of likely N-dealkylation sites (tertiary alicyclic amines) is 1. The molecule has 0 saturated carbocycles. The first kappa shape index (κ1) is 11.7. The molecule has 1 aliphatic rings. The van der Waals surface area contributed by atoms with E-state index in [9.17, 15) is 9.18 Å². The summed E-state index contributed by atoms with van der Waals surface area (Å²) in [6.07, 6.45) is 0.752. The fraction of sp³-hybridized carbons (Fsp3) is 0.364. The van der Waals surface area contributed by atoms with Crippen molar-refractivity contribution in [2.75, 3.05) is 13.1 Å². The molecule has 0 aromatic heterocycles. The minimum Gasteiger partial charge on any atom is -0.337 e. The number of hydrogen-bond acceptors (Lipinski definition) is 1. The first-order valence-electron chi connectivity index (χ1n) is 4.96. The molecule has 1 heterocycles.